The monoisotopic (exact) mass is 373 g/mol. The van der Waals surface area contributed by atoms with E-state index in [2.05, 4.69) is 40.5 Å². The summed E-state index contributed by atoms with van der Waals surface area (Å²) in [5.74, 6) is 0.748. The number of rotatable bonds is 6. The molecular formula is C21H28ClN3O. The van der Waals surface area contributed by atoms with E-state index in [1.54, 1.807) is 0 Å². The molecule has 0 radical (unpaired) electrons. The lowest BCUT2D eigenvalue weighted by Gasteiger charge is -2.29. The van der Waals surface area contributed by atoms with E-state index < -0.39 is 0 Å². The average Bonchev–Trinajstić information content (AvgIpc) is 2.66. The van der Waals surface area contributed by atoms with Gasteiger partial charge in [-0.3, -0.25) is 9.80 Å². The number of hydrogen-bond acceptors (Lipinski definition) is 4. The van der Waals surface area contributed by atoms with Gasteiger partial charge in [-0.25, -0.2) is 0 Å². The summed E-state index contributed by atoms with van der Waals surface area (Å²) in [6.45, 7) is 6.96. The van der Waals surface area contributed by atoms with E-state index in [1.807, 2.05) is 38.1 Å². The molecule has 1 saturated heterocycles. The summed E-state index contributed by atoms with van der Waals surface area (Å²) in [5, 5.41) is 4.13. The Morgan fingerprint density at radius 2 is 1.81 bits per heavy atom. The summed E-state index contributed by atoms with van der Waals surface area (Å²) in [7, 11) is 4.00. The second-order valence-electron chi connectivity index (χ2n) is 6.98. The Balaban J connectivity index is 1.97. The lowest BCUT2D eigenvalue weighted by atomic mass is 9.98. The van der Waals surface area contributed by atoms with Gasteiger partial charge in [0, 0.05) is 32.7 Å². The Kier molecular flexibility index (Phi) is 6.54. The SMILES string of the molecule is CC(Oc1ccc(-c2ccccc2)c(CN2CCNCC2)c1Cl)N(C)C. The second kappa shape index (κ2) is 8.87. The Morgan fingerprint density at radius 3 is 2.46 bits per heavy atom. The number of nitrogens with zero attached hydrogens (tertiary/aromatic N) is 2. The highest BCUT2D eigenvalue weighted by Crippen LogP contribution is 2.37. The molecule has 0 aromatic heterocycles. The minimum absolute atomic E-state index is 0.0397. The summed E-state index contributed by atoms with van der Waals surface area (Å²) in [5.41, 5.74) is 3.51. The van der Waals surface area contributed by atoms with Crippen molar-refractivity contribution in [2.45, 2.75) is 19.7 Å². The minimum Gasteiger partial charge on any atom is -0.474 e. The van der Waals surface area contributed by atoms with Crippen LogP contribution in [0.1, 0.15) is 12.5 Å². The summed E-state index contributed by atoms with van der Waals surface area (Å²) in [6, 6.07) is 14.6. The molecule has 2 aromatic rings. The van der Waals surface area contributed by atoms with Gasteiger partial charge >= 0.3 is 0 Å². The molecule has 1 atom stereocenters. The van der Waals surface area contributed by atoms with Gasteiger partial charge in [0.2, 0.25) is 0 Å². The quantitative estimate of drug-likeness (QED) is 0.781. The lowest BCUT2D eigenvalue weighted by molar-refractivity contribution is 0.0815. The number of benzene rings is 2. The van der Waals surface area contributed by atoms with Gasteiger partial charge < -0.3 is 10.1 Å². The maximum atomic E-state index is 6.85. The van der Waals surface area contributed by atoms with Crippen molar-refractivity contribution in [3.05, 3.63) is 53.1 Å². The van der Waals surface area contributed by atoms with Gasteiger partial charge in [-0.15, -0.1) is 0 Å². The summed E-state index contributed by atoms with van der Waals surface area (Å²) in [4.78, 5) is 4.47. The minimum atomic E-state index is -0.0397. The molecule has 1 aliphatic rings. The number of hydrogen-bond donors (Lipinski definition) is 1. The molecule has 5 heteroatoms. The molecule has 140 valence electrons. The average molecular weight is 374 g/mol. The standard InChI is InChI=1S/C21H28ClN3O/c1-16(24(2)3)26-20-10-9-18(17-7-5-4-6-8-17)19(21(20)22)15-25-13-11-23-12-14-25/h4-10,16,23H,11-15H2,1-3H3. The van der Waals surface area contributed by atoms with E-state index in [1.165, 1.54) is 11.1 Å². The van der Waals surface area contributed by atoms with Gasteiger partial charge in [-0.2, -0.15) is 0 Å². The Hall–Kier alpha value is -1.59. The van der Waals surface area contributed by atoms with Crippen molar-refractivity contribution in [3.63, 3.8) is 0 Å². The van der Waals surface area contributed by atoms with Crippen LogP contribution in [0, 0.1) is 0 Å². The van der Waals surface area contributed by atoms with Crippen LogP contribution in [0.15, 0.2) is 42.5 Å². The van der Waals surface area contributed by atoms with Crippen molar-refractivity contribution >= 4 is 11.6 Å². The van der Waals surface area contributed by atoms with Crippen LogP contribution in [0.3, 0.4) is 0 Å². The highest BCUT2D eigenvalue weighted by Gasteiger charge is 2.19. The van der Waals surface area contributed by atoms with Crippen LogP contribution in [0.4, 0.5) is 0 Å². The van der Waals surface area contributed by atoms with Gasteiger partial charge in [-0.05, 0) is 43.8 Å². The second-order valence-corrected chi connectivity index (χ2v) is 7.35. The van der Waals surface area contributed by atoms with E-state index in [0.717, 1.165) is 49.1 Å². The first-order valence-corrected chi connectivity index (χ1v) is 9.57. The molecule has 4 nitrogen and oxygen atoms in total. The third-order valence-corrected chi connectivity index (χ3v) is 5.32. The fourth-order valence-corrected chi connectivity index (χ4v) is 3.38. The molecule has 0 spiro atoms. The zero-order chi connectivity index (χ0) is 18.5. The molecular weight excluding hydrogens is 346 g/mol. The van der Waals surface area contributed by atoms with Gasteiger partial charge in [0.1, 0.15) is 12.0 Å². The van der Waals surface area contributed by atoms with Gasteiger partial charge in [0.25, 0.3) is 0 Å². The molecule has 0 bridgehead atoms. The van der Waals surface area contributed by atoms with Crippen LogP contribution in [0.2, 0.25) is 5.02 Å². The van der Waals surface area contributed by atoms with E-state index in [4.69, 9.17) is 16.3 Å². The van der Waals surface area contributed by atoms with Crippen molar-refractivity contribution in [2.75, 3.05) is 40.3 Å². The predicted molar refractivity (Wildman–Crippen MR) is 109 cm³/mol. The van der Waals surface area contributed by atoms with Crippen molar-refractivity contribution < 1.29 is 4.74 Å². The fraction of sp³-hybridized carbons (Fsp3) is 0.429. The predicted octanol–water partition coefficient (Wildman–Crippen LogP) is 3.70. The molecule has 0 saturated carbocycles. The number of piperazine rings is 1. The molecule has 26 heavy (non-hydrogen) atoms. The Morgan fingerprint density at radius 1 is 1.12 bits per heavy atom. The normalized spacial score (nSPS) is 16.7. The highest BCUT2D eigenvalue weighted by atomic mass is 35.5. The van der Waals surface area contributed by atoms with Crippen molar-refractivity contribution in [1.29, 1.82) is 0 Å². The number of halogens is 1. The van der Waals surface area contributed by atoms with Crippen LogP contribution in [-0.4, -0.2) is 56.3 Å². The van der Waals surface area contributed by atoms with E-state index in [0.29, 0.717) is 0 Å². The van der Waals surface area contributed by atoms with Crippen LogP contribution in [0.25, 0.3) is 11.1 Å². The third-order valence-electron chi connectivity index (χ3n) is 4.91. The first kappa shape index (κ1) is 19.2. The van der Waals surface area contributed by atoms with Gasteiger partial charge in [0.05, 0.1) is 5.02 Å². The van der Waals surface area contributed by atoms with Crippen LogP contribution in [-0.2, 0) is 6.54 Å². The first-order valence-electron chi connectivity index (χ1n) is 9.19. The summed E-state index contributed by atoms with van der Waals surface area (Å²) >= 11 is 6.85. The van der Waals surface area contributed by atoms with Crippen molar-refractivity contribution in [1.82, 2.24) is 15.1 Å². The van der Waals surface area contributed by atoms with Crippen molar-refractivity contribution in [3.8, 4) is 16.9 Å². The maximum absolute atomic E-state index is 6.85. The largest absolute Gasteiger partial charge is 0.474 e. The molecule has 0 aliphatic carbocycles. The van der Waals surface area contributed by atoms with Gasteiger partial charge in [-0.1, -0.05) is 48.0 Å². The smallest absolute Gasteiger partial charge is 0.149 e. The zero-order valence-corrected chi connectivity index (χ0v) is 16.6. The molecule has 1 heterocycles. The van der Waals surface area contributed by atoms with E-state index in [-0.39, 0.29) is 6.23 Å². The lowest BCUT2D eigenvalue weighted by Crippen LogP contribution is -2.43. The number of nitrogens with one attached hydrogen (secondary N) is 1. The Bertz CT molecular complexity index is 715. The Labute approximate surface area is 161 Å². The number of ether oxygens (including phenoxy) is 1. The summed E-state index contributed by atoms with van der Waals surface area (Å²) < 4.78 is 6.09. The third kappa shape index (κ3) is 4.57. The topological polar surface area (TPSA) is 27.7 Å². The van der Waals surface area contributed by atoms with E-state index in [9.17, 15) is 0 Å². The van der Waals surface area contributed by atoms with Crippen molar-refractivity contribution in [2.24, 2.45) is 0 Å². The maximum Gasteiger partial charge on any atom is 0.149 e. The molecule has 1 N–H and O–H groups in total. The van der Waals surface area contributed by atoms with Gasteiger partial charge in [0.15, 0.2) is 0 Å². The van der Waals surface area contributed by atoms with Crippen LogP contribution < -0.4 is 10.1 Å². The zero-order valence-electron chi connectivity index (χ0n) is 15.8. The van der Waals surface area contributed by atoms with E-state index >= 15 is 0 Å². The molecule has 1 fully saturated rings. The highest BCUT2D eigenvalue weighted by molar-refractivity contribution is 6.33. The fourth-order valence-electron chi connectivity index (χ4n) is 3.12. The first-order chi connectivity index (χ1) is 12.6. The molecule has 1 unspecified atom stereocenters. The molecule has 0 amide bonds. The molecule has 1 aliphatic heterocycles. The van der Waals surface area contributed by atoms with Crippen LogP contribution in [0.5, 0.6) is 5.75 Å². The summed E-state index contributed by atoms with van der Waals surface area (Å²) in [6.07, 6.45) is -0.0397. The molecule has 3 rings (SSSR count). The van der Waals surface area contributed by atoms with Crippen LogP contribution >= 0.6 is 11.6 Å². The molecule has 2 aromatic carbocycles.